The Balaban J connectivity index is 0.00000529. The summed E-state index contributed by atoms with van der Waals surface area (Å²) in [6.45, 7) is 11.5. The molecule has 0 bridgehead atoms. The summed E-state index contributed by atoms with van der Waals surface area (Å²) < 4.78 is 5.09. The number of hydrogen-bond acceptors (Lipinski definition) is 4. The molecule has 6 nitrogen and oxygen atoms in total. The van der Waals surface area contributed by atoms with E-state index in [1.807, 2.05) is 7.05 Å². The van der Waals surface area contributed by atoms with Crippen LogP contribution in [0.1, 0.15) is 33.1 Å². The molecule has 0 spiro atoms. The largest absolute Gasteiger partial charge is 0.383 e. The Morgan fingerprint density at radius 2 is 1.83 bits per heavy atom. The van der Waals surface area contributed by atoms with Gasteiger partial charge in [0.25, 0.3) is 0 Å². The van der Waals surface area contributed by atoms with Crippen LogP contribution in [0.25, 0.3) is 0 Å². The molecule has 0 atom stereocenters. The van der Waals surface area contributed by atoms with Crippen molar-refractivity contribution in [2.45, 2.75) is 38.6 Å². The van der Waals surface area contributed by atoms with Crippen molar-refractivity contribution < 1.29 is 4.74 Å². The van der Waals surface area contributed by atoms with E-state index in [0.29, 0.717) is 0 Å². The summed E-state index contributed by atoms with van der Waals surface area (Å²) in [7, 11) is 5.68. The van der Waals surface area contributed by atoms with Gasteiger partial charge in [-0.15, -0.1) is 24.0 Å². The second-order valence-electron chi connectivity index (χ2n) is 7.01. The number of ether oxygens (including phenoxy) is 1. The molecule has 1 fully saturated rings. The van der Waals surface area contributed by atoms with Crippen LogP contribution in [-0.4, -0.2) is 88.4 Å². The Bertz CT molecular complexity index is 346. The maximum atomic E-state index is 5.09. The van der Waals surface area contributed by atoms with Crippen LogP contribution in [0.2, 0.25) is 0 Å². The lowest BCUT2D eigenvalue weighted by molar-refractivity contribution is 0.0982. The van der Waals surface area contributed by atoms with E-state index < -0.39 is 0 Å². The molecule has 1 aliphatic heterocycles. The van der Waals surface area contributed by atoms with Crippen molar-refractivity contribution >= 4 is 29.9 Å². The number of hydrogen-bond donors (Lipinski definition) is 2. The fraction of sp³-hybridized carbons (Fsp3) is 0.941. The van der Waals surface area contributed by atoms with Crippen molar-refractivity contribution in [1.29, 1.82) is 0 Å². The van der Waals surface area contributed by atoms with Gasteiger partial charge in [0.05, 0.1) is 6.61 Å². The zero-order chi connectivity index (χ0) is 17.1. The molecule has 0 radical (unpaired) electrons. The summed E-state index contributed by atoms with van der Waals surface area (Å²) in [5.41, 5.74) is 0.160. The van der Waals surface area contributed by atoms with Gasteiger partial charge in [0.15, 0.2) is 5.96 Å². The first-order valence-electron chi connectivity index (χ1n) is 8.86. The highest BCUT2D eigenvalue weighted by Gasteiger charge is 2.27. The fourth-order valence-corrected chi connectivity index (χ4v) is 2.86. The van der Waals surface area contributed by atoms with Crippen molar-refractivity contribution in [2.75, 3.05) is 67.1 Å². The average Bonchev–Trinajstić information content (AvgIpc) is 2.56. The van der Waals surface area contributed by atoms with Gasteiger partial charge in [-0.1, -0.05) is 6.42 Å². The molecule has 144 valence electrons. The molecule has 2 N–H and O–H groups in total. The number of methoxy groups -OCH3 is 1. The average molecular weight is 455 g/mol. The van der Waals surface area contributed by atoms with Crippen LogP contribution in [0, 0.1) is 0 Å². The van der Waals surface area contributed by atoms with E-state index in [2.05, 4.69) is 46.3 Å². The summed E-state index contributed by atoms with van der Waals surface area (Å²) in [6.07, 6.45) is 4.02. The van der Waals surface area contributed by atoms with Crippen LogP contribution < -0.4 is 10.6 Å². The molecule has 1 heterocycles. The van der Waals surface area contributed by atoms with Gasteiger partial charge >= 0.3 is 0 Å². The highest BCUT2D eigenvalue weighted by Crippen LogP contribution is 2.19. The lowest BCUT2D eigenvalue weighted by Gasteiger charge is -2.41. The van der Waals surface area contributed by atoms with Crippen LogP contribution in [-0.2, 0) is 4.74 Å². The second-order valence-corrected chi connectivity index (χ2v) is 7.01. The monoisotopic (exact) mass is 455 g/mol. The third-order valence-electron chi connectivity index (χ3n) is 4.59. The minimum absolute atomic E-state index is 0. The third-order valence-corrected chi connectivity index (χ3v) is 4.59. The van der Waals surface area contributed by atoms with E-state index in [4.69, 9.17) is 4.74 Å². The fourth-order valence-electron chi connectivity index (χ4n) is 2.86. The van der Waals surface area contributed by atoms with E-state index in [9.17, 15) is 0 Å². The topological polar surface area (TPSA) is 52.1 Å². The first-order chi connectivity index (χ1) is 11.0. The zero-order valence-electron chi connectivity index (χ0n) is 16.2. The summed E-state index contributed by atoms with van der Waals surface area (Å²) in [5.74, 6) is 0.884. The lowest BCUT2D eigenvalue weighted by Crippen LogP contribution is -2.55. The van der Waals surface area contributed by atoms with E-state index in [1.54, 1.807) is 7.11 Å². The standard InChI is InChI=1S/C17H37N5O.HI/c1-17(2,22-10-7-6-8-11-22)15-20-16(18-3)19-9-12-21(4)13-14-23-5;/h6-15H2,1-5H3,(H2,18,19,20);1H. The Morgan fingerprint density at radius 1 is 1.17 bits per heavy atom. The molecule has 0 amide bonds. The number of nitrogens with zero attached hydrogens (tertiary/aromatic N) is 3. The number of halogens is 1. The number of likely N-dealkylation sites (tertiary alicyclic amines) is 1. The Hall–Kier alpha value is -0.120. The Labute approximate surface area is 165 Å². The first kappa shape index (κ1) is 23.9. The molecule has 0 aliphatic carbocycles. The molecule has 0 aromatic carbocycles. The minimum Gasteiger partial charge on any atom is -0.383 e. The molecule has 0 aromatic rings. The molecule has 0 unspecified atom stereocenters. The van der Waals surface area contributed by atoms with Crippen molar-refractivity contribution in [3.63, 3.8) is 0 Å². The van der Waals surface area contributed by atoms with Gasteiger partial charge in [-0.2, -0.15) is 0 Å². The van der Waals surface area contributed by atoms with E-state index in [1.165, 1.54) is 32.4 Å². The molecular weight excluding hydrogens is 417 g/mol. The van der Waals surface area contributed by atoms with Gasteiger partial charge in [0.1, 0.15) is 0 Å². The highest BCUT2D eigenvalue weighted by molar-refractivity contribution is 14.0. The van der Waals surface area contributed by atoms with Gasteiger partial charge in [-0.25, -0.2) is 0 Å². The van der Waals surface area contributed by atoms with Crippen LogP contribution >= 0.6 is 24.0 Å². The van der Waals surface area contributed by atoms with Crippen molar-refractivity contribution in [2.24, 2.45) is 4.99 Å². The molecule has 24 heavy (non-hydrogen) atoms. The SMILES string of the molecule is CN=C(NCCN(C)CCOC)NCC(C)(C)N1CCCCC1.I. The number of aliphatic imine (C=N–C) groups is 1. The molecule has 0 aromatic heterocycles. The van der Waals surface area contributed by atoms with Crippen LogP contribution in [0.4, 0.5) is 0 Å². The lowest BCUT2D eigenvalue weighted by atomic mass is 9.98. The number of guanidine groups is 1. The van der Waals surface area contributed by atoms with Gasteiger partial charge < -0.3 is 20.3 Å². The summed E-state index contributed by atoms with van der Waals surface area (Å²) in [6, 6.07) is 0. The number of piperidine rings is 1. The van der Waals surface area contributed by atoms with Crippen molar-refractivity contribution in [3.05, 3.63) is 0 Å². The van der Waals surface area contributed by atoms with Gasteiger partial charge in [-0.05, 0) is 46.8 Å². The van der Waals surface area contributed by atoms with E-state index in [-0.39, 0.29) is 29.5 Å². The molecule has 1 rings (SSSR count). The summed E-state index contributed by atoms with van der Waals surface area (Å²) in [4.78, 5) is 9.17. The summed E-state index contributed by atoms with van der Waals surface area (Å²) >= 11 is 0. The van der Waals surface area contributed by atoms with Crippen LogP contribution in [0.15, 0.2) is 4.99 Å². The summed E-state index contributed by atoms with van der Waals surface area (Å²) in [5, 5.41) is 6.87. The van der Waals surface area contributed by atoms with Crippen molar-refractivity contribution in [1.82, 2.24) is 20.4 Å². The number of nitrogens with one attached hydrogen (secondary N) is 2. The highest BCUT2D eigenvalue weighted by atomic mass is 127. The quantitative estimate of drug-likeness (QED) is 0.315. The van der Waals surface area contributed by atoms with Gasteiger partial charge in [0.2, 0.25) is 0 Å². The third kappa shape index (κ3) is 9.39. The first-order valence-corrected chi connectivity index (χ1v) is 8.86. The molecule has 0 saturated carbocycles. The van der Waals surface area contributed by atoms with E-state index >= 15 is 0 Å². The van der Waals surface area contributed by atoms with Crippen LogP contribution in [0.3, 0.4) is 0 Å². The maximum absolute atomic E-state index is 5.09. The van der Waals surface area contributed by atoms with Gasteiger partial charge in [0, 0.05) is 45.9 Å². The normalized spacial score (nSPS) is 16.8. The van der Waals surface area contributed by atoms with Crippen molar-refractivity contribution in [3.8, 4) is 0 Å². The Morgan fingerprint density at radius 3 is 2.42 bits per heavy atom. The molecule has 7 heteroatoms. The molecule has 1 saturated heterocycles. The predicted molar refractivity (Wildman–Crippen MR) is 114 cm³/mol. The second kappa shape index (κ2) is 13.1. The van der Waals surface area contributed by atoms with Gasteiger partial charge in [-0.3, -0.25) is 9.89 Å². The van der Waals surface area contributed by atoms with E-state index in [0.717, 1.165) is 38.7 Å². The maximum Gasteiger partial charge on any atom is 0.191 e. The zero-order valence-corrected chi connectivity index (χ0v) is 18.6. The Kier molecular flexibility index (Phi) is 13.1. The predicted octanol–water partition coefficient (Wildman–Crippen LogP) is 1.61. The molecule has 1 aliphatic rings. The number of rotatable bonds is 9. The van der Waals surface area contributed by atoms with Crippen LogP contribution in [0.5, 0.6) is 0 Å². The minimum atomic E-state index is 0. The smallest absolute Gasteiger partial charge is 0.191 e. The number of likely N-dealkylation sites (N-methyl/N-ethyl adjacent to an activating group) is 1. The molecular formula is C17H38IN5O.